The van der Waals surface area contributed by atoms with Gasteiger partial charge in [0.1, 0.15) is 5.75 Å². The smallest absolute Gasteiger partial charge is 0.265 e. The van der Waals surface area contributed by atoms with Gasteiger partial charge in [0.25, 0.3) is 5.91 Å². The van der Waals surface area contributed by atoms with Crippen molar-refractivity contribution in [3.05, 3.63) is 18.2 Å². The van der Waals surface area contributed by atoms with Gasteiger partial charge in [-0.15, -0.1) is 0 Å². The third-order valence-corrected chi connectivity index (χ3v) is 3.68. The van der Waals surface area contributed by atoms with Crippen LogP contribution >= 0.6 is 0 Å². The number of unbranched alkanes of at least 4 members (excludes halogenated alkanes) is 2. The van der Waals surface area contributed by atoms with Crippen LogP contribution in [0.15, 0.2) is 18.2 Å². The van der Waals surface area contributed by atoms with Crippen LogP contribution < -0.4 is 15.0 Å². The minimum Gasteiger partial charge on any atom is -0.482 e. The van der Waals surface area contributed by atoms with Gasteiger partial charge in [-0.25, -0.2) is 0 Å². The van der Waals surface area contributed by atoms with E-state index in [1.807, 2.05) is 18.2 Å². The molecule has 0 aliphatic carbocycles. The largest absolute Gasteiger partial charge is 0.482 e. The highest BCUT2D eigenvalue weighted by molar-refractivity contribution is 5.99. The SMILES string of the molecule is CCCCC(=O)Nc1ccc2c(c1)N(CCCC)C(=O)CO2. The molecule has 120 valence electrons. The summed E-state index contributed by atoms with van der Waals surface area (Å²) in [5.41, 5.74) is 1.46. The summed E-state index contributed by atoms with van der Waals surface area (Å²) in [4.78, 5) is 25.6. The van der Waals surface area contributed by atoms with Crippen molar-refractivity contribution in [3.63, 3.8) is 0 Å². The Kier molecular flexibility index (Phi) is 5.81. The van der Waals surface area contributed by atoms with Gasteiger partial charge in [0.15, 0.2) is 6.61 Å². The molecular formula is C17H24N2O3. The molecule has 0 atom stereocenters. The van der Waals surface area contributed by atoms with E-state index in [9.17, 15) is 9.59 Å². The Bertz CT molecular complexity index is 543. The average Bonchev–Trinajstić information content (AvgIpc) is 2.52. The Labute approximate surface area is 131 Å². The summed E-state index contributed by atoms with van der Waals surface area (Å²) in [7, 11) is 0. The van der Waals surface area contributed by atoms with Crippen LogP contribution in [0.3, 0.4) is 0 Å². The van der Waals surface area contributed by atoms with Crippen molar-refractivity contribution in [1.29, 1.82) is 0 Å². The van der Waals surface area contributed by atoms with E-state index in [0.29, 0.717) is 24.4 Å². The van der Waals surface area contributed by atoms with E-state index < -0.39 is 0 Å². The first-order valence-corrected chi connectivity index (χ1v) is 8.02. The zero-order valence-corrected chi connectivity index (χ0v) is 13.4. The maximum atomic E-state index is 12.1. The predicted molar refractivity (Wildman–Crippen MR) is 87.4 cm³/mol. The second kappa shape index (κ2) is 7.82. The highest BCUT2D eigenvalue weighted by Crippen LogP contribution is 2.34. The number of ether oxygens (including phenoxy) is 1. The number of nitrogens with one attached hydrogen (secondary N) is 1. The van der Waals surface area contributed by atoms with Crippen LogP contribution in [0.5, 0.6) is 5.75 Å². The number of nitrogens with zero attached hydrogens (tertiary/aromatic N) is 1. The van der Waals surface area contributed by atoms with Crippen molar-refractivity contribution in [1.82, 2.24) is 0 Å². The first kappa shape index (κ1) is 16.3. The van der Waals surface area contributed by atoms with E-state index in [4.69, 9.17) is 4.74 Å². The Balaban J connectivity index is 2.14. The fourth-order valence-electron chi connectivity index (χ4n) is 2.40. The topological polar surface area (TPSA) is 58.6 Å². The van der Waals surface area contributed by atoms with Gasteiger partial charge in [0.2, 0.25) is 5.91 Å². The maximum Gasteiger partial charge on any atom is 0.265 e. The van der Waals surface area contributed by atoms with E-state index in [1.54, 1.807) is 4.90 Å². The second-order valence-electron chi connectivity index (χ2n) is 5.52. The maximum absolute atomic E-state index is 12.1. The van der Waals surface area contributed by atoms with Crippen LogP contribution in [0.4, 0.5) is 11.4 Å². The molecule has 0 spiro atoms. The lowest BCUT2D eigenvalue weighted by atomic mass is 10.2. The fourth-order valence-corrected chi connectivity index (χ4v) is 2.40. The summed E-state index contributed by atoms with van der Waals surface area (Å²) < 4.78 is 5.47. The number of amides is 2. The number of fused-ring (bicyclic) bond motifs is 1. The Morgan fingerprint density at radius 3 is 2.77 bits per heavy atom. The zero-order chi connectivity index (χ0) is 15.9. The van der Waals surface area contributed by atoms with Crippen molar-refractivity contribution >= 4 is 23.2 Å². The number of hydrogen-bond donors (Lipinski definition) is 1. The third kappa shape index (κ3) is 4.00. The first-order chi connectivity index (χ1) is 10.7. The molecule has 0 saturated heterocycles. The number of anilines is 2. The highest BCUT2D eigenvalue weighted by Gasteiger charge is 2.25. The molecule has 1 heterocycles. The van der Waals surface area contributed by atoms with Crippen molar-refractivity contribution in [2.45, 2.75) is 46.0 Å². The molecule has 0 bridgehead atoms. The molecule has 1 aromatic carbocycles. The summed E-state index contributed by atoms with van der Waals surface area (Å²) in [5, 5.41) is 2.89. The second-order valence-corrected chi connectivity index (χ2v) is 5.52. The third-order valence-electron chi connectivity index (χ3n) is 3.68. The van der Waals surface area contributed by atoms with Gasteiger partial charge in [0, 0.05) is 18.7 Å². The Morgan fingerprint density at radius 1 is 1.27 bits per heavy atom. The standard InChI is InChI=1S/C17H24N2O3/c1-3-5-7-16(20)18-13-8-9-15-14(11-13)19(10-6-4-2)17(21)12-22-15/h8-9,11H,3-7,10,12H2,1-2H3,(H,18,20). The van der Waals surface area contributed by atoms with Gasteiger partial charge in [-0.05, 0) is 31.0 Å². The molecule has 0 aromatic heterocycles. The van der Waals surface area contributed by atoms with E-state index in [-0.39, 0.29) is 18.4 Å². The molecule has 1 aliphatic heterocycles. The van der Waals surface area contributed by atoms with E-state index in [1.165, 1.54) is 0 Å². The monoisotopic (exact) mass is 304 g/mol. The normalized spacial score (nSPS) is 13.5. The van der Waals surface area contributed by atoms with Crippen molar-refractivity contribution in [2.75, 3.05) is 23.4 Å². The molecule has 1 aliphatic rings. The van der Waals surface area contributed by atoms with Crippen LogP contribution in [-0.4, -0.2) is 25.0 Å². The van der Waals surface area contributed by atoms with E-state index in [0.717, 1.165) is 31.4 Å². The Hall–Kier alpha value is -2.04. The molecule has 0 fully saturated rings. The first-order valence-electron chi connectivity index (χ1n) is 8.02. The minimum atomic E-state index is -0.0320. The molecule has 2 amide bonds. The van der Waals surface area contributed by atoms with Crippen LogP contribution in [0.2, 0.25) is 0 Å². The van der Waals surface area contributed by atoms with E-state index in [2.05, 4.69) is 19.2 Å². The van der Waals surface area contributed by atoms with Crippen molar-refractivity contribution in [2.24, 2.45) is 0 Å². The van der Waals surface area contributed by atoms with Crippen molar-refractivity contribution < 1.29 is 14.3 Å². The quantitative estimate of drug-likeness (QED) is 0.840. The molecule has 22 heavy (non-hydrogen) atoms. The molecule has 0 unspecified atom stereocenters. The molecule has 1 N–H and O–H groups in total. The van der Waals surface area contributed by atoms with Crippen LogP contribution in [0.1, 0.15) is 46.0 Å². The fraction of sp³-hybridized carbons (Fsp3) is 0.529. The number of hydrogen-bond acceptors (Lipinski definition) is 3. The number of rotatable bonds is 7. The van der Waals surface area contributed by atoms with Gasteiger partial charge in [-0.2, -0.15) is 0 Å². The van der Waals surface area contributed by atoms with Gasteiger partial charge in [-0.3, -0.25) is 9.59 Å². The molecule has 0 radical (unpaired) electrons. The molecule has 1 aromatic rings. The average molecular weight is 304 g/mol. The van der Waals surface area contributed by atoms with Gasteiger partial charge in [-0.1, -0.05) is 26.7 Å². The van der Waals surface area contributed by atoms with Crippen LogP contribution in [-0.2, 0) is 9.59 Å². The lowest BCUT2D eigenvalue weighted by molar-refractivity contribution is -0.121. The van der Waals surface area contributed by atoms with Gasteiger partial charge in [0.05, 0.1) is 5.69 Å². The number of carbonyl (C=O) groups is 2. The summed E-state index contributed by atoms with van der Waals surface area (Å²) in [6.45, 7) is 4.91. The highest BCUT2D eigenvalue weighted by atomic mass is 16.5. The molecule has 5 heteroatoms. The molecule has 2 rings (SSSR count). The van der Waals surface area contributed by atoms with Crippen LogP contribution in [0, 0.1) is 0 Å². The van der Waals surface area contributed by atoms with Gasteiger partial charge >= 0.3 is 0 Å². The summed E-state index contributed by atoms with van der Waals surface area (Å²) in [6.07, 6.45) is 4.35. The van der Waals surface area contributed by atoms with Crippen molar-refractivity contribution in [3.8, 4) is 5.75 Å². The molecular weight excluding hydrogens is 280 g/mol. The Morgan fingerprint density at radius 2 is 2.05 bits per heavy atom. The zero-order valence-electron chi connectivity index (χ0n) is 13.4. The predicted octanol–water partition coefficient (Wildman–Crippen LogP) is 3.34. The molecule has 5 nitrogen and oxygen atoms in total. The summed E-state index contributed by atoms with van der Waals surface area (Å²) >= 11 is 0. The number of carbonyl (C=O) groups excluding carboxylic acids is 2. The summed E-state index contributed by atoms with van der Waals surface area (Å²) in [6, 6.07) is 5.46. The lowest BCUT2D eigenvalue weighted by Gasteiger charge is -2.29. The lowest BCUT2D eigenvalue weighted by Crippen LogP contribution is -2.39. The number of benzene rings is 1. The molecule has 0 saturated carbocycles. The minimum absolute atomic E-state index is 0.00459. The van der Waals surface area contributed by atoms with E-state index >= 15 is 0 Å². The van der Waals surface area contributed by atoms with Crippen LogP contribution in [0.25, 0.3) is 0 Å². The van der Waals surface area contributed by atoms with Gasteiger partial charge < -0.3 is 15.0 Å². The summed E-state index contributed by atoms with van der Waals surface area (Å²) in [5.74, 6) is 0.669.